The van der Waals surface area contributed by atoms with Crippen LogP contribution in [0.4, 0.5) is 0 Å². The Bertz CT molecular complexity index is 1000. The van der Waals surface area contributed by atoms with Crippen molar-refractivity contribution in [3.8, 4) is 0 Å². The summed E-state index contributed by atoms with van der Waals surface area (Å²) in [4.78, 5) is 12.6. The summed E-state index contributed by atoms with van der Waals surface area (Å²) in [5.74, 6) is 0.151. The molecule has 0 saturated heterocycles. The van der Waals surface area contributed by atoms with Crippen molar-refractivity contribution >= 4 is 23.9 Å². The lowest BCUT2D eigenvalue weighted by molar-refractivity contribution is -0.139. The minimum absolute atomic E-state index is 0.274. The molecule has 0 unspecified atom stereocenters. The first-order valence-electron chi connectivity index (χ1n) is 9.55. The number of benzene rings is 2. The maximum Gasteiger partial charge on any atom is 0.335 e. The summed E-state index contributed by atoms with van der Waals surface area (Å²) in [6.45, 7) is 2.39. The molecule has 1 aliphatic rings. The van der Waals surface area contributed by atoms with Crippen LogP contribution < -0.4 is 10.6 Å². The van der Waals surface area contributed by atoms with Gasteiger partial charge in [0.25, 0.3) is 0 Å². The van der Waals surface area contributed by atoms with Gasteiger partial charge in [-0.25, -0.2) is 9.46 Å². The van der Waals surface area contributed by atoms with Gasteiger partial charge in [0.2, 0.25) is 7.29 Å². The zero-order valence-corrected chi connectivity index (χ0v) is 17.0. The highest BCUT2D eigenvalue weighted by atomic mass is 31.2. The SMILES string of the molecule is CCOC(=O)C1=CCN(P(=O)(c2ccccc2)c2ccccc2)[C@H]1c1ccco1. The number of carbonyl (C=O) groups excluding carboxylic acids is 1. The van der Waals surface area contributed by atoms with Crippen LogP contribution in [0.25, 0.3) is 0 Å². The molecule has 0 radical (unpaired) electrons. The average Bonchev–Trinajstić information content (AvgIpc) is 3.44. The Morgan fingerprint density at radius 2 is 1.66 bits per heavy atom. The average molecular weight is 407 g/mol. The van der Waals surface area contributed by atoms with Crippen LogP contribution in [0.2, 0.25) is 0 Å². The van der Waals surface area contributed by atoms with Crippen molar-refractivity contribution in [2.75, 3.05) is 13.2 Å². The van der Waals surface area contributed by atoms with E-state index in [1.165, 1.54) is 0 Å². The number of rotatable bonds is 6. The quantitative estimate of drug-likeness (QED) is 0.456. The van der Waals surface area contributed by atoms with E-state index in [0.717, 1.165) is 0 Å². The molecule has 0 fully saturated rings. The van der Waals surface area contributed by atoms with Crippen LogP contribution in [0.15, 0.2) is 95.1 Å². The highest BCUT2D eigenvalue weighted by molar-refractivity contribution is 7.76. The Balaban J connectivity index is 1.87. The first-order valence-corrected chi connectivity index (χ1v) is 11.2. The molecular formula is C23H22NO4P. The molecule has 0 spiro atoms. The van der Waals surface area contributed by atoms with E-state index < -0.39 is 19.3 Å². The largest absolute Gasteiger partial charge is 0.467 e. The lowest BCUT2D eigenvalue weighted by Crippen LogP contribution is -2.34. The van der Waals surface area contributed by atoms with Crippen LogP contribution in [0.3, 0.4) is 0 Å². The van der Waals surface area contributed by atoms with E-state index in [0.29, 0.717) is 28.5 Å². The summed E-state index contributed by atoms with van der Waals surface area (Å²) in [6, 6.07) is 21.8. The second kappa shape index (κ2) is 8.24. The molecule has 148 valence electrons. The summed E-state index contributed by atoms with van der Waals surface area (Å²) >= 11 is 0. The Kier molecular flexibility index (Phi) is 5.52. The third kappa shape index (κ3) is 3.48. The van der Waals surface area contributed by atoms with E-state index in [1.807, 2.05) is 65.3 Å². The fourth-order valence-corrected chi connectivity index (χ4v) is 6.63. The highest BCUT2D eigenvalue weighted by Gasteiger charge is 2.46. The van der Waals surface area contributed by atoms with Crippen LogP contribution in [0, 0.1) is 0 Å². The number of carbonyl (C=O) groups is 1. The summed E-state index contributed by atoms with van der Waals surface area (Å²) in [7, 11) is -3.25. The molecule has 3 aromatic rings. The Morgan fingerprint density at radius 1 is 1.03 bits per heavy atom. The predicted octanol–water partition coefficient (Wildman–Crippen LogP) is 4.05. The van der Waals surface area contributed by atoms with E-state index in [9.17, 15) is 9.36 Å². The van der Waals surface area contributed by atoms with Gasteiger partial charge in [0.1, 0.15) is 11.8 Å². The molecule has 6 heteroatoms. The molecule has 5 nitrogen and oxygen atoms in total. The summed E-state index contributed by atoms with van der Waals surface area (Å²) < 4.78 is 27.5. The van der Waals surface area contributed by atoms with E-state index in [-0.39, 0.29) is 6.61 Å². The van der Waals surface area contributed by atoms with Crippen LogP contribution in [-0.2, 0) is 14.1 Å². The van der Waals surface area contributed by atoms with Crippen LogP contribution >= 0.6 is 7.29 Å². The van der Waals surface area contributed by atoms with E-state index in [4.69, 9.17) is 9.15 Å². The molecule has 1 aliphatic heterocycles. The number of hydrogen-bond donors (Lipinski definition) is 0. The fraction of sp³-hybridized carbons (Fsp3) is 0.174. The molecule has 1 aromatic heterocycles. The number of nitrogens with zero attached hydrogens (tertiary/aromatic N) is 1. The second-order valence-electron chi connectivity index (χ2n) is 6.67. The first-order chi connectivity index (χ1) is 14.2. The monoisotopic (exact) mass is 407 g/mol. The van der Waals surface area contributed by atoms with Gasteiger partial charge in [-0.1, -0.05) is 42.5 Å². The molecule has 0 aliphatic carbocycles. The molecule has 29 heavy (non-hydrogen) atoms. The number of esters is 1. The van der Waals surface area contributed by atoms with Crippen molar-refractivity contribution in [2.45, 2.75) is 13.0 Å². The van der Waals surface area contributed by atoms with Crippen LogP contribution in [-0.4, -0.2) is 23.8 Å². The minimum Gasteiger partial charge on any atom is -0.467 e. The van der Waals surface area contributed by atoms with Crippen molar-refractivity contribution in [2.24, 2.45) is 0 Å². The number of hydrogen-bond acceptors (Lipinski definition) is 4. The van der Waals surface area contributed by atoms with Crippen LogP contribution in [0.5, 0.6) is 0 Å². The van der Waals surface area contributed by atoms with Gasteiger partial charge in [0.15, 0.2) is 0 Å². The molecule has 1 atom stereocenters. The second-order valence-corrected chi connectivity index (χ2v) is 9.37. The normalized spacial score (nSPS) is 17.1. The first kappa shape index (κ1) is 19.4. The van der Waals surface area contributed by atoms with Crippen molar-refractivity contribution in [1.82, 2.24) is 4.67 Å². The minimum atomic E-state index is -3.25. The zero-order valence-electron chi connectivity index (χ0n) is 16.1. The maximum atomic E-state index is 14.7. The molecule has 0 N–H and O–H groups in total. The zero-order chi connectivity index (χ0) is 20.3. The third-order valence-corrected chi connectivity index (χ3v) is 8.10. The Morgan fingerprint density at radius 3 is 2.17 bits per heavy atom. The van der Waals surface area contributed by atoms with Crippen molar-refractivity contribution in [3.63, 3.8) is 0 Å². The van der Waals surface area contributed by atoms with Gasteiger partial charge in [-0.15, -0.1) is 0 Å². The Labute approximate surface area is 170 Å². The van der Waals surface area contributed by atoms with Crippen LogP contribution in [0.1, 0.15) is 18.7 Å². The molecule has 2 aromatic carbocycles. The standard InChI is InChI=1S/C23H22NO4P/c1-2-27-23(25)20-15-16-24(22(20)21-14-9-17-28-21)29(26,18-10-5-3-6-11-18)19-12-7-4-8-13-19/h3-15,17,22H,2,16H2,1H3/t22-/m1/s1. The van der Waals surface area contributed by atoms with Gasteiger partial charge >= 0.3 is 5.97 Å². The summed E-state index contributed by atoms with van der Waals surface area (Å²) in [5.41, 5.74) is 0.453. The van der Waals surface area contributed by atoms with Gasteiger partial charge in [-0.2, -0.15) is 0 Å². The fourth-order valence-electron chi connectivity index (χ4n) is 3.71. The highest BCUT2D eigenvalue weighted by Crippen LogP contribution is 2.55. The van der Waals surface area contributed by atoms with Crippen molar-refractivity contribution in [1.29, 1.82) is 0 Å². The van der Waals surface area contributed by atoms with Gasteiger partial charge in [-0.05, 0) is 43.3 Å². The molecule has 0 amide bonds. The van der Waals surface area contributed by atoms with Crippen molar-refractivity contribution < 1.29 is 18.5 Å². The number of furan rings is 1. The van der Waals surface area contributed by atoms with E-state index in [2.05, 4.69) is 0 Å². The van der Waals surface area contributed by atoms with Gasteiger partial charge in [0.05, 0.1) is 18.4 Å². The molecule has 0 bridgehead atoms. The lowest BCUT2D eigenvalue weighted by Gasteiger charge is -2.33. The molecule has 2 heterocycles. The van der Waals surface area contributed by atoms with Gasteiger partial charge < -0.3 is 9.15 Å². The Hall–Kier alpha value is -2.88. The summed E-state index contributed by atoms with van der Waals surface area (Å²) in [6.07, 6.45) is 3.36. The van der Waals surface area contributed by atoms with E-state index in [1.54, 1.807) is 31.4 Å². The smallest absolute Gasteiger partial charge is 0.335 e. The topological polar surface area (TPSA) is 59.8 Å². The van der Waals surface area contributed by atoms with Gasteiger partial charge in [-0.3, -0.25) is 4.57 Å². The third-order valence-electron chi connectivity index (χ3n) is 4.99. The molecule has 0 saturated carbocycles. The van der Waals surface area contributed by atoms with Crippen molar-refractivity contribution in [3.05, 3.63) is 96.5 Å². The summed E-state index contributed by atoms with van der Waals surface area (Å²) in [5, 5.41) is 1.42. The van der Waals surface area contributed by atoms with E-state index >= 15 is 0 Å². The maximum absolute atomic E-state index is 14.7. The predicted molar refractivity (Wildman–Crippen MR) is 113 cm³/mol. The molecular weight excluding hydrogens is 385 g/mol. The lowest BCUT2D eigenvalue weighted by atomic mass is 10.1. The molecule has 4 rings (SSSR count). The van der Waals surface area contributed by atoms with Gasteiger partial charge in [0, 0.05) is 17.2 Å². The number of ether oxygens (including phenoxy) is 1.